The molecule has 0 spiro atoms. The Hall–Kier alpha value is -2.67. The van der Waals surface area contributed by atoms with Crippen molar-refractivity contribution >= 4 is 28.6 Å². The number of amides is 1. The number of nitrogens with one attached hydrogen (secondary N) is 1. The summed E-state index contributed by atoms with van der Waals surface area (Å²) in [4.78, 5) is 34.8. The van der Waals surface area contributed by atoms with E-state index < -0.39 is 5.25 Å². The van der Waals surface area contributed by atoms with Crippen molar-refractivity contribution in [2.45, 2.75) is 50.6 Å². The molecule has 0 fully saturated rings. The fourth-order valence-electron chi connectivity index (χ4n) is 2.67. The molecule has 3 rings (SSSR count). The van der Waals surface area contributed by atoms with Crippen molar-refractivity contribution in [3.63, 3.8) is 0 Å². The Kier molecular flexibility index (Phi) is 5.56. The molecule has 0 aliphatic rings. The highest BCUT2D eigenvalue weighted by Crippen LogP contribution is 2.25. The smallest absolute Gasteiger partial charge is 0.267 e. The van der Waals surface area contributed by atoms with Gasteiger partial charge in [0.05, 0.1) is 16.2 Å². The van der Waals surface area contributed by atoms with Gasteiger partial charge in [-0.3, -0.25) is 9.59 Å². The van der Waals surface area contributed by atoms with E-state index in [9.17, 15) is 9.59 Å². The summed E-state index contributed by atoms with van der Waals surface area (Å²) in [5, 5.41) is 3.50. The molecule has 0 saturated heterocycles. The van der Waals surface area contributed by atoms with E-state index in [0.29, 0.717) is 21.9 Å². The van der Waals surface area contributed by atoms with Crippen LogP contribution in [-0.2, 0) is 4.79 Å². The van der Waals surface area contributed by atoms with Crippen molar-refractivity contribution < 1.29 is 4.79 Å². The summed E-state index contributed by atoms with van der Waals surface area (Å²) < 4.78 is 1.48. The number of carbonyl (C=O) groups excluding carboxylic acids is 1. The molecule has 0 aliphatic heterocycles. The lowest BCUT2D eigenvalue weighted by molar-refractivity contribution is -0.121. The van der Waals surface area contributed by atoms with E-state index in [1.165, 1.54) is 16.3 Å². The second kappa shape index (κ2) is 7.75. The summed E-state index contributed by atoms with van der Waals surface area (Å²) >= 11 is 1.25. The van der Waals surface area contributed by atoms with Crippen LogP contribution in [0, 0.1) is 6.92 Å². The molecule has 1 aromatic carbocycles. The van der Waals surface area contributed by atoms with Crippen molar-refractivity contribution in [3.05, 3.63) is 58.5 Å². The average molecular weight is 397 g/mol. The first-order chi connectivity index (χ1) is 13.2. The maximum atomic E-state index is 13.2. The minimum Gasteiger partial charge on any atom is -0.351 e. The van der Waals surface area contributed by atoms with Gasteiger partial charge in [0, 0.05) is 11.7 Å². The summed E-state index contributed by atoms with van der Waals surface area (Å²) in [7, 11) is 0. The number of pyridine rings is 1. The van der Waals surface area contributed by atoms with Gasteiger partial charge in [-0.05, 0) is 58.4 Å². The fraction of sp³-hybridized carbons (Fsp3) is 0.333. The van der Waals surface area contributed by atoms with Crippen molar-refractivity contribution in [2.24, 2.45) is 0 Å². The summed E-state index contributed by atoms with van der Waals surface area (Å²) in [5.41, 5.74) is 1.06. The molecule has 146 valence electrons. The predicted octanol–water partition coefficient (Wildman–Crippen LogP) is 3.48. The van der Waals surface area contributed by atoms with Crippen LogP contribution in [0.15, 0.2) is 52.5 Å². The lowest BCUT2D eigenvalue weighted by atomic mass is 10.1. The highest BCUT2D eigenvalue weighted by atomic mass is 32.2. The lowest BCUT2D eigenvalue weighted by Crippen LogP contribution is -2.44. The third kappa shape index (κ3) is 4.42. The van der Waals surface area contributed by atoms with Crippen LogP contribution >= 0.6 is 11.8 Å². The molecule has 1 atom stereocenters. The van der Waals surface area contributed by atoms with E-state index in [4.69, 9.17) is 0 Å². The molecular weight excluding hydrogens is 372 g/mol. The topological polar surface area (TPSA) is 76.9 Å². The van der Waals surface area contributed by atoms with Gasteiger partial charge >= 0.3 is 0 Å². The summed E-state index contributed by atoms with van der Waals surface area (Å²) in [6, 6.07) is 10.9. The van der Waals surface area contributed by atoms with Gasteiger partial charge in [0.1, 0.15) is 5.82 Å². The number of fused-ring (bicyclic) bond motifs is 1. The lowest BCUT2D eigenvalue weighted by Gasteiger charge is -2.23. The van der Waals surface area contributed by atoms with Crippen molar-refractivity contribution in [1.82, 2.24) is 19.9 Å². The molecule has 0 saturated carbocycles. The van der Waals surface area contributed by atoms with Crippen molar-refractivity contribution in [1.29, 1.82) is 0 Å². The maximum Gasteiger partial charge on any atom is 0.267 e. The van der Waals surface area contributed by atoms with E-state index >= 15 is 0 Å². The number of aromatic nitrogens is 3. The molecule has 7 heteroatoms. The molecule has 0 aliphatic carbocycles. The molecule has 3 aromatic rings. The first kappa shape index (κ1) is 20.1. The predicted molar refractivity (Wildman–Crippen MR) is 113 cm³/mol. The second-order valence-corrected chi connectivity index (χ2v) is 9.05. The molecule has 0 radical (unpaired) electrons. The summed E-state index contributed by atoms with van der Waals surface area (Å²) in [6.07, 6.45) is 1.71. The number of hydrogen-bond acceptors (Lipinski definition) is 5. The molecule has 2 heterocycles. The Morgan fingerprint density at radius 1 is 1.18 bits per heavy atom. The molecule has 6 nitrogen and oxygen atoms in total. The third-order valence-electron chi connectivity index (χ3n) is 4.02. The van der Waals surface area contributed by atoms with Gasteiger partial charge in [0.15, 0.2) is 5.16 Å². The zero-order chi connectivity index (χ0) is 20.5. The van der Waals surface area contributed by atoms with Crippen LogP contribution in [-0.4, -0.2) is 31.2 Å². The minimum atomic E-state index is -0.427. The van der Waals surface area contributed by atoms with Crippen LogP contribution in [0.1, 0.15) is 33.3 Å². The van der Waals surface area contributed by atoms with Crippen molar-refractivity contribution in [3.8, 4) is 5.82 Å². The number of para-hydroxylation sites is 1. The van der Waals surface area contributed by atoms with Gasteiger partial charge in [-0.25, -0.2) is 14.5 Å². The quantitative estimate of drug-likeness (QED) is 0.540. The van der Waals surface area contributed by atoms with Crippen LogP contribution < -0.4 is 10.9 Å². The number of nitrogens with zero attached hydrogens (tertiary/aromatic N) is 3. The van der Waals surface area contributed by atoms with E-state index in [1.807, 2.05) is 45.9 Å². The largest absolute Gasteiger partial charge is 0.351 e. The Balaban J connectivity index is 2.10. The fourth-order valence-corrected chi connectivity index (χ4v) is 3.58. The Morgan fingerprint density at radius 3 is 2.54 bits per heavy atom. The highest BCUT2D eigenvalue weighted by molar-refractivity contribution is 8.00. The second-order valence-electron chi connectivity index (χ2n) is 7.75. The van der Waals surface area contributed by atoms with Gasteiger partial charge in [-0.2, -0.15) is 0 Å². The highest BCUT2D eigenvalue weighted by Gasteiger charge is 2.23. The SMILES string of the molecule is Cc1ccc(-n2c(S[C@H](C)C(=O)NC(C)(C)C)nc3ccccc3c2=O)nc1. The van der Waals surface area contributed by atoms with Gasteiger partial charge in [-0.15, -0.1) is 0 Å². The van der Waals surface area contributed by atoms with Crippen LogP contribution in [0.3, 0.4) is 0 Å². The minimum absolute atomic E-state index is 0.108. The van der Waals surface area contributed by atoms with Gasteiger partial charge in [-0.1, -0.05) is 30.0 Å². The first-order valence-corrected chi connectivity index (χ1v) is 9.97. The normalized spacial score (nSPS) is 12.8. The monoisotopic (exact) mass is 396 g/mol. The standard InChI is InChI=1S/C21H24N4O2S/c1-13-10-11-17(22-12-13)25-19(27)15-8-6-7-9-16(15)23-20(25)28-14(2)18(26)24-21(3,4)5/h6-12,14H,1-5H3,(H,24,26)/t14-/m1/s1. The Morgan fingerprint density at radius 2 is 1.89 bits per heavy atom. The number of benzene rings is 1. The van der Waals surface area contributed by atoms with E-state index in [0.717, 1.165) is 5.56 Å². The maximum absolute atomic E-state index is 13.2. The molecule has 1 amide bonds. The van der Waals surface area contributed by atoms with Crippen LogP contribution in [0.5, 0.6) is 0 Å². The van der Waals surface area contributed by atoms with Crippen LogP contribution in [0.4, 0.5) is 0 Å². The Bertz CT molecular complexity index is 1070. The zero-order valence-electron chi connectivity index (χ0n) is 16.7. The Labute approximate surface area is 168 Å². The molecule has 1 N–H and O–H groups in total. The summed E-state index contributed by atoms with van der Waals surface area (Å²) in [5.74, 6) is 0.378. The molecule has 0 bridgehead atoms. The molecule has 28 heavy (non-hydrogen) atoms. The van der Waals surface area contributed by atoms with Gasteiger partial charge < -0.3 is 5.32 Å². The van der Waals surface area contributed by atoms with E-state index in [2.05, 4.69) is 15.3 Å². The number of thioether (sulfide) groups is 1. The number of carbonyl (C=O) groups is 1. The van der Waals surface area contributed by atoms with Crippen molar-refractivity contribution in [2.75, 3.05) is 0 Å². The zero-order valence-corrected chi connectivity index (χ0v) is 17.5. The van der Waals surface area contributed by atoms with E-state index in [1.54, 1.807) is 31.3 Å². The number of hydrogen-bond donors (Lipinski definition) is 1. The third-order valence-corrected chi connectivity index (χ3v) is 5.07. The van der Waals surface area contributed by atoms with Crippen LogP contribution in [0.2, 0.25) is 0 Å². The first-order valence-electron chi connectivity index (χ1n) is 9.09. The number of aryl methyl sites for hydroxylation is 1. The van der Waals surface area contributed by atoms with Crippen LogP contribution in [0.25, 0.3) is 16.7 Å². The average Bonchev–Trinajstić information content (AvgIpc) is 2.62. The number of rotatable bonds is 4. The van der Waals surface area contributed by atoms with Gasteiger partial charge in [0.25, 0.3) is 5.56 Å². The van der Waals surface area contributed by atoms with E-state index in [-0.39, 0.29) is 17.0 Å². The molecule has 2 aromatic heterocycles. The van der Waals surface area contributed by atoms with Gasteiger partial charge in [0.2, 0.25) is 5.91 Å². The molecular formula is C21H24N4O2S. The summed E-state index contributed by atoms with van der Waals surface area (Å²) in [6.45, 7) is 9.54. The molecule has 0 unspecified atom stereocenters.